The SMILES string of the molecule is O=C(NCc1cccnc1N1CCCCC1)N(CC1CC1)CC1CC1. The van der Waals surface area contributed by atoms with Crippen molar-refractivity contribution in [1.82, 2.24) is 15.2 Å². The van der Waals surface area contributed by atoms with E-state index in [-0.39, 0.29) is 6.03 Å². The number of anilines is 1. The molecule has 5 heteroatoms. The van der Waals surface area contributed by atoms with Crippen LogP contribution in [0.2, 0.25) is 0 Å². The van der Waals surface area contributed by atoms with Gasteiger partial charge in [-0.15, -0.1) is 0 Å². The summed E-state index contributed by atoms with van der Waals surface area (Å²) in [6, 6.07) is 4.18. The highest BCUT2D eigenvalue weighted by molar-refractivity contribution is 5.74. The van der Waals surface area contributed by atoms with E-state index in [0.29, 0.717) is 6.54 Å². The Morgan fingerprint density at radius 3 is 2.44 bits per heavy atom. The minimum absolute atomic E-state index is 0.104. The van der Waals surface area contributed by atoms with Gasteiger partial charge in [-0.3, -0.25) is 0 Å². The molecule has 0 radical (unpaired) electrons. The van der Waals surface area contributed by atoms with Crippen molar-refractivity contribution in [1.29, 1.82) is 0 Å². The summed E-state index contributed by atoms with van der Waals surface area (Å²) in [4.78, 5) is 21.7. The number of carbonyl (C=O) groups excluding carboxylic acids is 1. The Labute approximate surface area is 150 Å². The van der Waals surface area contributed by atoms with Crippen LogP contribution >= 0.6 is 0 Å². The summed E-state index contributed by atoms with van der Waals surface area (Å²) in [5.74, 6) is 2.54. The molecule has 5 nitrogen and oxygen atoms in total. The quantitative estimate of drug-likeness (QED) is 0.826. The number of pyridine rings is 1. The third-order valence-electron chi connectivity index (χ3n) is 5.59. The molecule has 0 atom stereocenters. The molecule has 1 aromatic heterocycles. The van der Waals surface area contributed by atoms with Gasteiger partial charge in [0.15, 0.2) is 0 Å². The molecule has 3 fully saturated rings. The van der Waals surface area contributed by atoms with Crippen molar-refractivity contribution < 1.29 is 4.79 Å². The zero-order valence-corrected chi connectivity index (χ0v) is 15.1. The second-order valence-corrected chi connectivity index (χ2v) is 7.98. The van der Waals surface area contributed by atoms with Gasteiger partial charge in [-0.2, -0.15) is 0 Å². The molecule has 0 aromatic carbocycles. The number of urea groups is 1. The third kappa shape index (κ3) is 4.65. The number of aromatic nitrogens is 1. The lowest BCUT2D eigenvalue weighted by Gasteiger charge is -2.29. The van der Waals surface area contributed by atoms with E-state index in [9.17, 15) is 4.79 Å². The number of amides is 2. The molecule has 0 spiro atoms. The third-order valence-corrected chi connectivity index (χ3v) is 5.59. The van der Waals surface area contributed by atoms with Gasteiger partial charge in [-0.25, -0.2) is 9.78 Å². The molecule has 4 rings (SSSR count). The van der Waals surface area contributed by atoms with E-state index in [2.05, 4.69) is 26.2 Å². The highest BCUT2D eigenvalue weighted by Crippen LogP contribution is 2.33. The molecule has 2 saturated carbocycles. The average Bonchev–Trinajstić information content (AvgIpc) is 3.56. The van der Waals surface area contributed by atoms with Crippen LogP contribution in [0.15, 0.2) is 18.3 Å². The van der Waals surface area contributed by atoms with E-state index in [1.54, 1.807) is 0 Å². The lowest BCUT2D eigenvalue weighted by atomic mass is 10.1. The molecule has 1 aromatic rings. The summed E-state index contributed by atoms with van der Waals surface area (Å²) in [6.07, 6.45) is 10.8. The normalized spacial score (nSPS) is 20.4. The molecule has 2 amide bonds. The Hall–Kier alpha value is -1.78. The molecule has 1 saturated heterocycles. The highest BCUT2D eigenvalue weighted by Gasteiger charge is 2.31. The van der Waals surface area contributed by atoms with Crippen LogP contribution in [0.25, 0.3) is 0 Å². The molecule has 1 aliphatic heterocycles. The van der Waals surface area contributed by atoms with Crippen LogP contribution in [0.4, 0.5) is 10.6 Å². The standard InChI is InChI=1S/C20H30N4O/c25-20(24(14-16-6-7-16)15-17-8-9-17)22-13-18-5-4-10-21-19(18)23-11-2-1-3-12-23/h4-5,10,16-17H,1-3,6-9,11-15H2,(H,22,25). The van der Waals surface area contributed by atoms with Gasteiger partial charge < -0.3 is 15.1 Å². The van der Waals surface area contributed by atoms with Crippen molar-refractivity contribution in [2.24, 2.45) is 11.8 Å². The van der Waals surface area contributed by atoms with Crippen LogP contribution < -0.4 is 10.2 Å². The predicted octanol–water partition coefficient (Wildman–Crippen LogP) is 3.40. The molecular formula is C20H30N4O. The Morgan fingerprint density at radius 1 is 1.12 bits per heavy atom. The zero-order chi connectivity index (χ0) is 17.1. The van der Waals surface area contributed by atoms with Crippen LogP contribution in [0.3, 0.4) is 0 Å². The first-order chi connectivity index (χ1) is 12.3. The van der Waals surface area contributed by atoms with Gasteiger partial charge in [0.1, 0.15) is 5.82 Å². The fraction of sp³-hybridized carbons (Fsp3) is 0.700. The first-order valence-electron chi connectivity index (χ1n) is 10.0. The summed E-state index contributed by atoms with van der Waals surface area (Å²) >= 11 is 0. The van der Waals surface area contributed by atoms with Crippen molar-refractivity contribution >= 4 is 11.8 Å². The molecule has 2 aliphatic carbocycles. The molecule has 3 aliphatic rings. The Bertz CT molecular complexity index is 577. The summed E-state index contributed by atoms with van der Waals surface area (Å²) in [7, 11) is 0. The number of carbonyl (C=O) groups is 1. The maximum Gasteiger partial charge on any atom is 0.317 e. The average molecular weight is 342 g/mol. The predicted molar refractivity (Wildman–Crippen MR) is 99.6 cm³/mol. The molecule has 136 valence electrons. The van der Waals surface area contributed by atoms with E-state index >= 15 is 0 Å². The van der Waals surface area contributed by atoms with Crippen LogP contribution in [0.5, 0.6) is 0 Å². The summed E-state index contributed by atoms with van der Waals surface area (Å²) in [5.41, 5.74) is 1.13. The smallest absolute Gasteiger partial charge is 0.317 e. The van der Waals surface area contributed by atoms with Crippen molar-refractivity contribution in [2.45, 2.75) is 51.5 Å². The van der Waals surface area contributed by atoms with Crippen LogP contribution in [0, 0.1) is 11.8 Å². The van der Waals surface area contributed by atoms with Gasteiger partial charge in [0.05, 0.1) is 0 Å². The van der Waals surface area contributed by atoms with Crippen molar-refractivity contribution in [3.8, 4) is 0 Å². The van der Waals surface area contributed by atoms with E-state index < -0.39 is 0 Å². The zero-order valence-electron chi connectivity index (χ0n) is 15.1. The molecule has 2 heterocycles. The van der Waals surface area contributed by atoms with E-state index in [4.69, 9.17) is 0 Å². The minimum Gasteiger partial charge on any atom is -0.356 e. The number of hydrogen-bond acceptors (Lipinski definition) is 3. The Balaban J connectivity index is 1.36. The highest BCUT2D eigenvalue weighted by atomic mass is 16.2. The number of rotatable bonds is 7. The molecular weight excluding hydrogens is 312 g/mol. The van der Waals surface area contributed by atoms with E-state index in [1.807, 2.05) is 12.3 Å². The molecule has 25 heavy (non-hydrogen) atoms. The van der Waals surface area contributed by atoms with Crippen LogP contribution in [-0.4, -0.2) is 42.1 Å². The number of nitrogens with zero attached hydrogens (tertiary/aromatic N) is 3. The maximum absolute atomic E-state index is 12.7. The fourth-order valence-corrected chi connectivity index (χ4v) is 3.71. The molecule has 0 bridgehead atoms. The van der Waals surface area contributed by atoms with Gasteiger partial charge in [0.2, 0.25) is 0 Å². The summed E-state index contributed by atoms with van der Waals surface area (Å²) < 4.78 is 0. The minimum atomic E-state index is 0.104. The monoisotopic (exact) mass is 342 g/mol. The van der Waals surface area contributed by atoms with Crippen LogP contribution in [0.1, 0.15) is 50.5 Å². The van der Waals surface area contributed by atoms with Gasteiger partial charge >= 0.3 is 6.03 Å². The fourth-order valence-electron chi connectivity index (χ4n) is 3.71. The van der Waals surface area contributed by atoms with Gasteiger partial charge in [-0.05, 0) is 62.8 Å². The first kappa shape index (κ1) is 16.7. The largest absolute Gasteiger partial charge is 0.356 e. The van der Waals surface area contributed by atoms with Gasteiger partial charge in [-0.1, -0.05) is 6.07 Å². The van der Waals surface area contributed by atoms with E-state index in [1.165, 1.54) is 44.9 Å². The topological polar surface area (TPSA) is 48.5 Å². The number of nitrogens with one attached hydrogen (secondary N) is 1. The van der Waals surface area contributed by atoms with Crippen molar-refractivity contribution in [3.63, 3.8) is 0 Å². The number of hydrogen-bond donors (Lipinski definition) is 1. The van der Waals surface area contributed by atoms with E-state index in [0.717, 1.165) is 49.4 Å². The Kier molecular flexibility index (Phi) is 5.09. The molecule has 0 unspecified atom stereocenters. The van der Waals surface area contributed by atoms with Crippen molar-refractivity contribution in [2.75, 3.05) is 31.1 Å². The van der Waals surface area contributed by atoms with Crippen LogP contribution in [-0.2, 0) is 6.54 Å². The lowest BCUT2D eigenvalue weighted by Crippen LogP contribution is -2.42. The number of piperidine rings is 1. The first-order valence-corrected chi connectivity index (χ1v) is 10.0. The summed E-state index contributed by atoms with van der Waals surface area (Å²) in [6.45, 7) is 4.61. The molecule has 1 N–H and O–H groups in total. The summed E-state index contributed by atoms with van der Waals surface area (Å²) in [5, 5.41) is 3.17. The lowest BCUT2D eigenvalue weighted by molar-refractivity contribution is 0.192. The second kappa shape index (κ2) is 7.63. The van der Waals surface area contributed by atoms with Gasteiger partial charge in [0.25, 0.3) is 0 Å². The van der Waals surface area contributed by atoms with Crippen molar-refractivity contribution in [3.05, 3.63) is 23.9 Å². The van der Waals surface area contributed by atoms with Gasteiger partial charge in [0, 0.05) is 44.5 Å². The second-order valence-electron chi connectivity index (χ2n) is 7.98. The maximum atomic E-state index is 12.7. The Morgan fingerprint density at radius 2 is 1.80 bits per heavy atom.